The van der Waals surface area contributed by atoms with Crippen LogP contribution in [0.4, 0.5) is 0 Å². The van der Waals surface area contributed by atoms with Crippen LogP contribution in [0.5, 0.6) is 0 Å². The Morgan fingerprint density at radius 3 is 1.93 bits per heavy atom. The Bertz CT molecular complexity index is 1710. The van der Waals surface area contributed by atoms with Crippen molar-refractivity contribution < 1.29 is 29.4 Å². The molecule has 0 saturated carbocycles. The Morgan fingerprint density at radius 2 is 1.37 bits per heavy atom. The van der Waals surface area contributed by atoms with Crippen LogP contribution in [0, 0.1) is 13.8 Å². The van der Waals surface area contributed by atoms with Crippen molar-refractivity contribution >= 4 is 35.5 Å². The minimum absolute atomic E-state index is 0.0641. The van der Waals surface area contributed by atoms with Gasteiger partial charge in [0, 0.05) is 70.9 Å². The first-order chi connectivity index (χ1) is 20.4. The second-order valence-electron chi connectivity index (χ2n) is 10.8. The molecule has 2 aromatic heterocycles. The number of carboxylic acid groups (broad SMARTS) is 2. The summed E-state index contributed by atoms with van der Waals surface area (Å²) in [5, 5.41) is 21.7. The van der Waals surface area contributed by atoms with Crippen LogP contribution in [0.1, 0.15) is 71.7 Å². The number of rotatable bonds is 13. The molecule has 0 radical (unpaired) electrons. The average molecular weight is 585 g/mol. The second-order valence-corrected chi connectivity index (χ2v) is 10.8. The summed E-state index contributed by atoms with van der Waals surface area (Å²) in [6.07, 6.45) is 6.14. The maximum absolute atomic E-state index is 12.3. The summed E-state index contributed by atoms with van der Waals surface area (Å²) < 4.78 is 0. The number of hydrogen-bond donors (Lipinski definition) is 5. The van der Waals surface area contributed by atoms with E-state index in [-0.39, 0.29) is 31.1 Å². The molecule has 0 fully saturated rings. The molecule has 4 rings (SSSR count). The first kappa shape index (κ1) is 31.0. The molecule has 43 heavy (non-hydrogen) atoms. The van der Waals surface area contributed by atoms with Crippen molar-refractivity contribution in [3.8, 4) is 0 Å². The zero-order valence-electron chi connectivity index (χ0n) is 24.9. The fourth-order valence-electron chi connectivity index (χ4n) is 5.73. The van der Waals surface area contributed by atoms with Gasteiger partial charge in [-0.1, -0.05) is 25.3 Å². The molecule has 10 heteroatoms. The monoisotopic (exact) mass is 584 g/mol. The van der Waals surface area contributed by atoms with E-state index in [2.05, 4.69) is 33.4 Å². The summed E-state index contributed by atoms with van der Waals surface area (Å²) in [4.78, 5) is 58.7. The van der Waals surface area contributed by atoms with Crippen LogP contribution in [0.15, 0.2) is 58.3 Å². The first-order valence-corrected chi connectivity index (χ1v) is 14.0. The van der Waals surface area contributed by atoms with Gasteiger partial charge in [-0.25, -0.2) is 4.99 Å². The predicted octanol–water partition coefficient (Wildman–Crippen LogP) is 4.58. The van der Waals surface area contributed by atoms with Gasteiger partial charge >= 0.3 is 11.9 Å². The minimum atomic E-state index is -0.919. The fraction of sp³-hybridized carbons (Fsp3) is 0.303. The smallest absolute Gasteiger partial charge is 0.303 e. The molecule has 5 N–H and O–H groups in total. The van der Waals surface area contributed by atoms with Gasteiger partial charge in [0.1, 0.15) is 0 Å². The second kappa shape index (κ2) is 12.5. The summed E-state index contributed by atoms with van der Waals surface area (Å²) in [6, 6.07) is 0. The normalized spacial score (nSPS) is 15.9. The number of H-pyrrole nitrogens is 2. The van der Waals surface area contributed by atoms with E-state index >= 15 is 0 Å². The summed E-state index contributed by atoms with van der Waals surface area (Å²) in [6.45, 7) is 14.9. The zero-order chi connectivity index (χ0) is 31.6. The summed E-state index contributed by atoms with van der Waals surface area (Å²) in [5.41, 5.74) is 10.3. The highest BCUT2D eigenvalue weighted by molar-refractivity contribution is 6.21. The molecular formula is C33H36N4O6. The van der Waals surface area contributed by atoms with E-state index in [0.717, 1.165) is 50.6 Å². The number of carbonyl (C=O) groups excluding carboxylic acids is 2. The number of aromatic nitrogens is 2. The lowest BCUT2D eigenvalue weighted by molar-refractivity contribution is -0.138. The van der Waals surface area contributed by atoms with E-state index in [0.29, 0.717) is 47.4 Å². The third kappa shape index (κ3) is 6.28. The standard InChI is InChI=1S/C33H36N4O6/c1-7-20-19(6)32(42)37-27(20)14-25-18(5)23(10-12-31(40)41)29(35-25)15-28-22(9-11-30(38)39)17(4)24(34-28)13-26-16(3)21(8-2)33(43)36-26/h7-8,13,34-35H,1-2,9-12,14-15H2,3-6H3,(H,36,43)(H,38,39)(H,40,41)/b26-13-. The number of carboxylic acids is 2. The molecule has 2 aliphatic rings. The Labute approximate surface area is 249 Å². The molecule has 2 aromatic rings. The van der Waals surface area contributed by atoms with Gasteiger partial charge in [0.05, 0.1) is 5.71 Å². The number of nitrogens with one attached hydrogen (secondary N) is 3. The molecule has 0 spiro atoms. The maximum atomic E-state index is 12.3. The Balaban J connectivity index is 1.77. The summed E-state index contributed by atoms with van der Waals surface area (Å²) >= 11 is 0. The number of nitrogens with zero attached hydrogens (tertiary/aromatic N) is 1. The van der Waals surface area contributed by atoms with Gasteiger partial charge < -0.3 is 25.5 Å². The molecule has 4 heterocycles. The number of amides is 2. The Morgan fingerprint density at radius 1 is 0.791 bits per heavy atom. The van der Waals surface area contributed by atoms with Crippen LogP contribution < -0.4 is 5.32 Å². The highest BCUT2D eigenvalue weighted by Crippen LogP contribution is 2.31. The highest BCUT2D eigenvalue weighted by Gasteiger charge is 2.26. The van der Waals surface area contributed by atoms with Crippen molar-refractivity contribution in [3.63, 3.8) is 0 Å². The molecule has 0 aliphatic carbocycles. The molecular weight excluding hydrogens is 548 g/mol. The third-order valence-electron chi connectivity index (χ3n) is 8.22. The zero-order valence-corrected chi connectivity index (χ0v) is 24.9. The molecule has 0 atom stereocenters. The topological polar surface area (TPSA) is 165 Å². The number of allylic oxidation sites excluding steroid dienone is 3. The van der Waals surface area contributed by atoms with Gasteiger partial charge in [0.15, 0.2) is 0 Å². The largest absolute Gasteiger partial charge is 0.481 e. The first-order valence-electron chi connectivity index (χ1n) is 14.0. The van der Waals surface area contributed by atoms with Crippen molar-refractivity contribution in [2.45, 2.75) is 66.2 Å². The quantitative estimate of drug-likeness (QED) is 0.231. The lowest BCUT2D eigenvalue weighted by Crippen LogP contribution is -2.15. The molecule has 2 amide bonds. The molecule has 10 nitrogen and oxygen atoms in total. The summed E-state index contributed by atoms with van der Waals surface area (Å²) in [7, 11) is 0. The van der Waals surface area contributed by atoms with E-state index in [1.165, 1.54) is 6.08 Å². The minimum Gasteiger partial charge on any atom is -0.481 e. The fourth-order valence-corrected chi connectivity index (χ4v) is 5.73. The number of hydrogen-bond acceptors (Lipinski definition) is 4. The van der Waals surface area contributed by atoms with E-state index in [1.54, 1.807) is 13.0 Å². The van der Waals surface area contributed by atoms with Crippen molar-refractivity contribution in [3.05, 3.63) is 98.3 Å². The average Bonchev–Trinajstić information content (AvgIpc) is 3.59. The van der Waals surface area contributed by atoms with Gasteiger partial charge in [0.2, 0.25) is 0 Å². The Hall–Kier alpha value is -4.99. The lowest BCUT2D eigenvalue weighted by Gasteiger charge is -2.07. The molecule has 2 aliphatic heterocycles. The predicted molar refractivity (Wildman–Crippen MR) is 164 cm³/mol. The van der Waals surface area contributed by atoms with E-state index in [4.69, 9.17) is 0 Å². The van der Waals surface area contributed by atoms with Crippen molar-refractivity contribution in [2.75, 3.05) is 0 Å². The van der Waals surface area contributed by atoms with Gasteiger partial charge in [0.25, 0.3) is 11.8 Å². The van der Waals surface area contributed by atoms with Crippen LogP contribution in [-0.2, 0) is 44.9 Å². The van der Waals surface area contributed by atoms with E-state index in [9.17, 15) is 29.4 Å². The van der Waals surface area contributed by atoms with Crippen molar-refractivity contribution in [2.24, 2.45) is 4.99 Å². The van der Waals surface area contributed by atoms with Gasteiger partial charge in [-0.3, -0.25) is 19.2 Å². The van der Waals surface area contributed by atoms with Gasteiger partial charge in [-0.2, -0.15) is 0 Å². The van der Waals surface area contributed by atoms with Crippen LogP contribution in [0.25, 0.3) is 6.08 Å². The SMILES string of the molecule is C=CC1=C(C)C(=O)N=C1Cc1[nH]c(Cc2[nH]c(/C=C3\NC(=O)C(C=C)=C3C)c(C)c2CCC(=O)O)c(CCC(=O)O)c1C. The molecule has 0 aromatic carbocycles. The van der Waals surface area contributed by atoms with Gasteiger partial charge in [-0.15, -0.1) is 0 Å². The lowest BCUT2D eigenvalue weighted by atomic mass is 9.97. The third-order valence-corrected chi connectivity index (χ3v) is 8.22. The van der Waals surface area contributed by atoms with Crippen LogP contribution in [-0.4, -0.2) is 49.6 Å². The van der Waals surface area contributed by atoms with Crippen LogP contribution >= 0.6 is 0 Å². The number of carbonyl (C=O) groups is 4. The summed E-state index contributed by atoms with van der Waals surface area (Å²) in [5.74, 6) is -2.36. The van der Waals surface area contributed by atoms with Crippen LogP contribution in [0.2, 0.25) is 0 Å². The van der Waals surface area contributed by atoms with E-state index in [1.807, 2.05) is 26.8 Å². The highest BCUT2D eigenvalue weighted by atomic mass is 16.4. The van der Waals surface area contributed by atoms with Gasteiger partial charge in [-0.05, 0) is 74.4 Å². The maximum Gasteiger partial charge on any atom is 0.303 e. The van der Waals surface area contributed by atoms with Crippen LogP contribution in [0.3, 0.4) is 0 Å². The van der Waals surface area contributed by atoms with E-state index < -0.39 is 11.9 Å². The molecule has 0 bridgehead atoms. The van der Waals surface area contributed by atoms with Crippen molar-refractivity contribution in [1.82, 2.24) is 15.3 Å². The van der Waals surface area contributed by atoms with Crippen molar-refractivity contribution in [1.29, 1.82) is 0 Å². The number of aliphatic imine (C=N–C) groups is 1. The molecule has 0 saturated heterocycles. The molecule has 224 valence electrons. The Kier molecular flexibility index (Phi) is 8.99. The number of aromatic amines is 2. The number of aliphatic carboxylic acids is 2. The molecule has 0 unspecified atom stereocenters.